The van der Waals surface area contributed by atoms with Crippen molar-refractivity contribution in [1.82, 2.24) is 5.32 Å². The number of thiophene rings is 1. The number of nitrogens with one attached hydrogen (secondary N) is 1. The molecule has 0 saturated carbocycles. The van der Waals surface area contributed by atoms with Crippen LogP contribution in [-0.4, -0.2) is 17.8 Å². The van der Waals surface area contributed by atoms with Gasteiger partial charge in [0.25, 0.3) is 5.91 Å². The van der Waals surface area contributed by atoms with Gasteiger partial charge in [-0.05, 0) is 27.9 Å². The molecule has 2 rings (SSSR count). The number of nitrogens with zero attached hydrogens (tertiary/aromatic N) is 1. The van der Waals surface area contributed by atoms with Crippen molar-refractivity contribution >= 4 is 39.0 Å². The van der Waals surface area contributed by atoms with E-state index >= 15 is 0 Å². The molecule has 0 fully saturated rings. The number of carbonyl (C=O) groups is 1. The lowest BCUT2D eigenvalue weighted by atomic mass is 10.1. The van der Waals surface area contributed by atoms with Crippen LogP contribution in [0.2, 0.25) is 0 Å². The topological polar surface area (TPSA) is 41.5 Å². The van der Waals surface area contributed by atoms with E-state index in [0.29, 0.717) is 5.84 Å². The van der Waals surface area contributed by atoms with Crippen LogP contribution in [-0.2, 0) is 4.79 Å². The molecule has 1 aromatic heterocycles. The van der Waals surface area contributed by atoms with Crippen LogP contribution in [0.4, 0.5) is 0 Å². The monoisotopic (exact) mass is 286 g/mol. The number of hydrogen-bond acceptors (Lipinski definition) is 3. The van der Waals surface area contributed by atoms with Crippen molar-refractivity contribution in [3.05, 3.63) is 20.8 Å². The highest BCUT2D eigenvalue weighted by molar-refractivity contribution is 9.10. The highest BCUT2D eigenvalue weighted by Crippen LogP contribution is 2.22. The Labute approximate surface area is 101 Å². The zero-order valence-corrected chi connectivity index (χ0v) is 10.9. The fourth-order valence-corrected chi connectivity index (χ4v) is 2.81. The maximum absolute atomic E-state index is 11.6. The van der Waals surface area contributed by atoms with Gasteiger partial charge in [0.15, 0.2) is 0 Å². The SMILES string of the molecule is CC(C)C1N=C(c2cc(Br)cs2)NC1=O. The molecule has 15 heavy (non-hydrogen) atoms. The maximum atomic E-state index is 11.6. The molecule has 2 heterocycles. The molecule has 1 aliphatic heterocycles. The summed E-state index contributed by atoms with van der Waals surface area (Å²) in [6.07, 6.45) is 0. The van der Waals surface area contributed by atoms with Gasteiger partial charge in [-0.2, -0.15) is 0 Å². The lowest BCUT2D eigenvalue weighted by Crippen LogP contribution is -2.31. The van der Waals surface area contributed by atoms with Gasteiger partial charge in [-0.3, -0.25) is 9.79 Å². The predicted octanol–water partition coefficient (Wildman–Crippen LogP) is 2.41. The summed E-state index contributed by atoms with van der Waals surface area (Å²) < 4.78 is 1.02. The Hall–Kier alpha value is -0.680. The summed E-state index contributed by atoms with van der Waals surface area (Å²) in [5.41, 5.74) is 0. The minimum Gasteiger partial charge on any atom is -0.308 e. The third kappa shape index (κ3) is 2.13. The summed E-state index contributed by atoms with van der Waals surface area (Å²) >= 11 is 4.95. The average Bonchev–Trinajstić information content (AvgIpc) is 2.71. The highest BCUT2D eigenvalue weighted by atomic mass is 79.9. The van der Waals surface area contributed by atoms with Gasteiger partial charge in [-0.25, -0.2) is 0 Å². The van der Waals surface area contributed by atoms with Crippen LogP contribution < -0.4 is 5.32 Å². The van der Waals surface area contributed by atoms with Gasteiger partial charge in [0.1, 0.15) is 11.9 Å². The predicted molar refractivity (Wildman–Crippen MR) is 65.3 cm³/mol. The van der Waals surface area contributed by atoms with Crippen molar-refractivity contribution in [3.8, 4) is 0 Å². The minimum atomic E-state index is -0.235. The largest absolute Gasteiger partial charge is 0.308 e. The Bertz CT molecular complexity index is 425. The third-order valence-electron chi connectivity index (χ3n) is 2.21. The fraction of sp³-hybridized carbons (Fsp3) is 0.400. The number of carbonyl (C=O) groups excluding carboxylic acids is 1. The molecule has 1 unspecified atom stereocenters. The van der Waals surface area contributed by atoms with Gasteiger partial charge in [-0.15, -0.1) is 11.3 Å². The third-order valence-corrected chi connectivity index (χ3v) is 3.91. The van der Waals surface area contributed by atoms with E-state index in [1.54, 1.807) is 11.3 Å². The van der Waals surface area contributed by atoms with Crippen LogP contribution in [0.3, 0.4) is 0 Å². The number of aliphatic imine (C=N–C) groups is 1. The maximum Gasteiger partial charge on any atom is 0.250 e. The molecule has 0 aromatic carbocycles. The second-order valence-electron chi connectivity index (χ2n) is 3.78. The molecule has 3 nitrogen and oxygen atoms in total. The van der Waals surface area contributed by atoms with Crippen molar-refractivity contribution < 1.29 is 4.79 Å². The molecule has 0 spiro atoms. The van der Waals surface area contributed by atoms with Crippen LogP contribution >= 0.6 is 27.3 Å². The van der Waals surface area contributed by atoms with Crippen molar-refractivity contribution in [3.63, 3.8) is 0 Å². The van der Waals surface area contributed by atoms with Crippen LogP contribution in [0, 0.1) is 5.92 Å². The van der Waals surface area contributed by atoms with E-state index in [2.05, 4.69) is 26.2 Å². The molecule has 5 heteroatoms. The van der Waals surface area contributed by atoms with Gasteiger partial charge < -0.3 is 5.32 Å². The zero-order chi connectivity index (χ0) is 11.0. The van der Waals surface area contributed by atoms with E-state index in [0.717, 1.165) is 9.35 Å². The van der Waals surface area contributed by atoms with Crippen molar-refractivity contribution in [2.45, 2.75) is 19.9 Å². The Balaban J connectivity index is 2.26. The summed E-state index contributed by atoms with van der Waals surface area (Å²) in [5, 5.41) is 4.79. The molecular formula is C10H11BrN2OS. The summed E-state index contributed by atoms with van der Waals surface area (Å²) in [4.78, 5) is 17.0. The van der Waals surface area contributed by atoms with Gasteiger partial charge >= 0.3 is 0 Å². The Morgan fingerprint density at radius 2 is 2.33 bits per heavy atom. The molecule has 0 saturated heterocycles. The highest BCUT2D eigenvalue weighted by Gasteiger charge is 2.29. The number of hydrogen-bond donors (Lipinski definition) is 1. The molecule has 0 radical (unpaired) electrons. The summed E-state index contributed by atoms with van der Waals surface area (Å²) in [6, 6.07) is 1.73. The van der Waals surface area contributed by atoms with Crippen molar-refractivity contribution in [2.24, 2.45) is 10.9 Å². The second-order valence-corrected chi connectivity index (χ2v) is 5.61. The van der Waals surface area contributed by atoms with Crippen LogP contribution in [0.1, 0.15) is 18.7 Å². The van der Waals surface area contributed by atoms with Gasteiger partial charge in [0.05, 0.1) is 4.88 Å². The van der Waals surface area contributed by atoms with E-state index in [9.17, 15) is 4.79 Å². The first kappa shape index (κ1) is 10.8. The van der Waals surface area contributed by atoms with E-state index in [1.807, 2.05) is 25.3 Å². The minimum absolute atomic E-state index is 0.00419. The first-order valence-electron chi connectivity index (χ1n) is 4.71. The zero-order valence-electron chi connectivity index (χ0n) is 8.45. The Morgan fingerprint density at radius 3 is 2.80 bits per heavy atom. The average molecular weight is 287 g/mol. The number of halogens is 1. The van der Waals surface area contributed by atoms with Crippen LogP contribution in [0.5, 0.6) is 0 Å². The van der Waals surface area contributed by atoms with E-state index < -0.39 is 0 Å². The quantitative estimate of drug-likeness (QED) is 0.891. The van der Waals surface area contributed by atoms with E-state index in [1.165, 1.54) is 0 Å². The van der Waals surface area contributed by atoms with Gasteiger partial charge in [0.2, 0.25) is 0 Å². The molecular weight excluding hydrogens is 276 g/mol. The summed E-state index contributed by atoms with van der Waals surface area (Å²) in [7, 11) is 0. The standard InChI is InChI=1S/C10H11BrN2OS/c1-5(2)8-10(14)13-9(12-8)7-3-6(11)4-15-7/h3-5,8H,1-2H3,(H,12,13,14). The van der Waals surface area contributed by atoms with E-state index in [4.69, 9.17) is 0 Å². The van der Waals surface area contributed by atoms with Gasteiger partial charge in [-0.1, -0.05) is 13.8 Å². The fourth-order valence-electron chi connectivity index (χ4n) is 1.43. The molecule has 0 aliphatic carbocycles. The van der Waals surface area contributed by atoms with Gasteiger partial charge in [0, 0.05) is 9.85 Å². The Morgan fingerprint density at radius 1 is 1.60 bits per heavy atom. The smallest absolute Gasteiger partial charge is 0.250 e. The Kier molecular flexibility index (Phi) is 2.93. The lowest BCUT2D eigenvalue weighted by Gasteiger charge is -2.06. The molecule has 1 N–H and O–H groups in total. The molecule has 80 valence electrons. The van der Waals surface area contributed by atoms with Crippen LogP contribution in [0.15, 0.2) is 20.9 Å². The van der Waals surface area contributed by atoms with Crippen LogP contribution in [0.25, 0.3) is 0 Å². The molecule has 1 amide bonds. The first-order valence-corrected chi connectivity index (χ1v) is 6.38. The number of rotatable bonds is 2. The molecule has 1 aromatic rings. The molecule has 0 bridgehead atoms. The normalized spacial score (nSPS) is 20.7. The number of amides is 1. The van der Waals surface area contributed by atoms with E-state index in [-0.39, 0.29) is 17.9 Å². The summed E-state index contributed by atoms with van der Waals surface area (Å²) in [5.74, 6) is 0.949. The first-order chi connectivity index (χ1) is 7.08. The second kappa shape index (κ2) is 4.06. The summed E-state index contributed by atoms with van der Waals surface area (Å²) in [6.45, 7) is 4.00. The molecule has 1 atom stereocenters. The number of amidine groups is 1. The molecule has 1 aliphatic rings. The lowest BCUT2D eigenvalue weighted by molar-refractivity contribution is -0.120. The van der Waals surface area contributed by atoms with Crippen molar-refractivity contribution in [1.29, 1.82) is 0 Å². The van der Waals surface area contributed by atoms with Crippen molar-refractivity contribution in [2.75, 3.05) is 0 Å².